The molecule has 0 bridgehead atoms. The molecule has 2 rings (SSSR count). The zero-order valence-electron chi connectivity index (χ0n) is 18.4. The average molecular weight is 437 g/mol. The van der Waals surface area contributed by atoms with E-state index in [2.05, 4.69) is 16.2 Å². The number of benzene rings is 1. The van der Waals surface area contributed by atoms with Gasteiger partial charge in [-0.05, 0) is 62.8 Å². The number of carbonyl (C=O) groups excluding carboxylic acids is 1. The van der Waals surface area contributed by atoms with Crippen LogP contribution in [0.1, 0.15) is 76.3 Å². The number of carboxylic acid groups (broad SMARTS) is 1. The average Bonchev–Trinajstić information content (AvgIpc) is 2.76. The minimum Gasteiger partial charge on any atom is -0.480 e. The second kappa shape index (κ2) is 13.4. The summed E-state index contributed by atoms with van der Waals surface area (Å²) in [5.74, 6) is -1.04. The van der Waals surface area contributed by atoms with Crippen molar-refractivity contribution in [1.82, 2.24) is 16.2 Å². The third-order valence-corrected chi connectivity index (χ3v) is 6.02. The van der Waals surface area contributed by atoms with Crippen LogP contribution in [0.2, 0.25) is 0 Å². The van der Waals surface area contributed by atoms with Crippen molar-refractivity contribution in [3.05, 3.63) is 35.6 Å². The monoisotopic (exact) mass is 436 g/mol. The van der Waals surface area contributed by atoms with Gasteiger partial charge in [0.05, 0.1) is 6.04 Å². The Labute approximate surface area is 184 Å². The van der Waals surface area contributed by atoms with Crippen molar-refractivity contribution in [2.75, 3.05) is 6.54 Å². The van der Waals surface area contributed by atoms with Crippen LogP contribution in [0.3, 0.4) is 0 Å². The van der Waals surface area contributed by atoms with Crippen LogP contribution in [0.25, 0.3) is 0 Å². The van der Waals surface area contributed by atoms with Gasteiger partial charge in [-0.1, -0.05) is 44.2 Å². The number of nitrogens with one attached hydrogen (secondary N) is 3. The SMILES string of the molecule is C[C@@H](NC(=O)[C@@H](CC1CCCCC1)NN[C@@H](CCCCN)C(=O)O)c1ccc(F)cc1. The molecule has 1 amide bonds. The summed E-state index contributed by atoms with van der Waals surface area (Å²) in [6.07, 6.45) is 8.24. The van der Waals surface area contributed by atoms with Gasteiger partial charge in [0.1, 0.15) is 17.9 Å². The Hall–Kier alpha value is -2.03. The number of rotatable bonds is 13. The maximum Gasteiger partial charge on any atom is 0.322 e. The molecule has 0 saturated heterocycles. The number of hydrogen-bond donors (Lipinski definition) is 5. The molecule has 6 N–H and O–H groups in total. The summed E-state index contributed by atoms with van der Waals surface area (Å²) in [6, 6.07) is 4.42. The first-order valence-electron chi connectivity index (χ1n) is 11.4. The normalized spacial score (nSPS) is 17.6. The first-order chi connectivity index (χ1) is 14.9. The van der Waals surface area contributed by atoms with Crippen molar-refractivity contribution >= 4 is 11.9 Å². The predicted molar refractivity (Wildman–Crippen MR) is 119 cm³/mol. The molecule has 1 aromatic rings. The fourth-order valence-electron chi connectivity index (χ4n) is 4.09. The molecule has 1 fully saturated rings. The molecule has 1 aromatic carbocycles. The molecule has 174 valence electrons. The number of halogens is 1. The van der Waals surface area contributed by atoms with Crippen LogP contribution in [0.4, 0.5) is 4.39 Å². The van der Waals surface area contributed by atoms with Crippen LogP contribution in [-0.2, 0) is 9.59 Å². The lowest BCUT2D eigenvalue weighted by atomic mass is 9.84. The summed E-state index contributed by atoms with van der Waals surface area (Å²) in [5, 5.41) is 12.5. The van der Waals surface area contributed by atoms with Gasteiger partial charge in [0.15, 0.2) is 0 Å². The van der Waals surface area contributed by atoms with E-state index in [0.29, 0.717) is 31.7 Å². The molecular formula is C23H37FN4O3. The summed E-state index contributed by atoms with van der Waals surface area (Å²) in [7, 11) is 0. The zero-order chi connectivity index (χ0) is 22.6. The Bertz CT molecular complexity index is 680. The molecule has 1 aliphatic carbocycles. The number of nitrogens with two attached hydrogens (primary N) is 1. The number of amides is 1. The lowest BCUT2D eigenvalue weighted by Crippen LogP contribution is -2.55. The third kappa shape index (κ3) is 8.93. The Morgan fingerprint density at radius 1 is 1.10 bits per heavy atom. The Morgan fingerprint density at radius 2 is 1.74 bits per heavy atom. The van der Waals surface area contributed by atoms with E-state index in [1.807, 2.05) is 6.92 Å². The van der Waals surface area contributed by atoms with Gasteiger partial charge >= 0.3 is 5.97 Å². The third-order valence-electron chi connectivity index (χ3n) is 6.02. The second-order valence-electron chi connectivity index (χ2n) is 8.54. The first kappa shape index (κ1) is 25.2. The van der Waals surface area contributed by atoms with Crippen LogP contribution < -0.4 is 21.9 Å². The molecule has 31 heavy (non-hydrogen) atoms. The summed E-state index contributed by atoms with van der Waals surface area (Å²) in [6.45, 7) is 2.37. The van der Waals surface area contributed by atoms with Gasteiger partial charge < -0.3 is 16.2 Å². The van der Waals surface area contributed by atoms with Crippen LogP contribution in [0.5, 0.6) is 0 Å². The molecule has 0 heterocycles. The molecule has 0 spiro atoms. The summed E-state index contributed by atoms with van der Waals surface area (Å²) in [5.41, 5.74) is 12.2. The predicted octanol–water partition coefficient (Wildman–Crippen LogP) is 3.02. The minimum atomic E-state index is -0.957. The number of hydrogen-bond acceptors (Lipinski definition) is 5. The van der Waals surface area contributed by atoms with Crippen LogP contribution >= 0.6 is 0 Å². The topological polar surface area (TPSA) is 116 Å². The Morgan fingerprint density at radius 3 is 2.35 bits per heavy atom. The maximum absolute atomic E-state index is 13.2. The van der Waals surface area contributed by atoms with E-state index in [1.54, 1.807) is 12.1 Å². The van der Waals surface area contributed by atoms with E-state index < -0.39 is 18.1 Å². The lowest BCUT2D eigenvalue weighted by Gasteiger charge is -2.29. The van der Waals surface area contributed by atoms with Gasteiger partial charge in [-0.3, -0.25) is 9.59 Å². The van der Waals surface area contributed by atoms with Gasteiger partial charge in [0, 0.05) is 0 Å². The highest BCUT2D eigenvalue weighted by Crippen LogP contribution is 2.27. The number of unbranched alkanes of at least 4 members (excludes halogenated alkanes) is 1. The van der Waals surface area contributed by atoms with Crippen LogP contribution in [0.15, 0.2) is 24.3 Å². The summed E-state index contributed by atoms with van der Waals surface area (Å²) >= 11 is 0. The molecule has 3 atom stereocenters. The van der Waals surface area contributed by atoms with Crippen LogP contribution in [0, 0.1) is 11.7 Å². The number of aliphatic carboxylic acids is 1. The Balaban J connectivity index is 2.00. The quantitative estimate of drug-likeness (QED) is 0.240. The largest absolute Gasteiger partial charge is 0.480 e. The lowest BCUT2D eigenvalue weighted by molar-refractivity contribution is -0.140. The molecule has 1 saturated carbocycles. The van der Waals surface area contributed by atoms with Crippen molar-refractivity contribution in [1.29, 1.82) is 0 Å². The van der Waals surface area contributed by atoms with E-state index in [0.717, 1.165) is 37.7 Å². The number of hydrazine groups is 1. The van der Waals surface area contributed by atoms with Crippen molar-refractivity contribution in [3.63, 3.8) is 0 Å². The van der Waals surface area contributed by atoms with Gasteiger partial charge in [-0.2, -0.15) is 0 Å². The molecule has 0 unspecified atom stereocenters. The maximum atomic E-state index is 13.2. The van der Waals surface area contributed by atoms with Gasteiger partial charge in [0.25, 0.3) is 0 Å². The van der Waals surface area contributed by atoms with Gasteiger partial charge in [-0.15, -0.1) is 0 Å². The van der Waals surface area contributed by atoms with Crippen molar-refractivity contribution in [3.8, 4) is 0 Å². The van der Waals surface area contributed by atoms with Crippen molar-refractivity contribution in [2.24, 2.45) is 11.7 Å². The second-order valence-corrected chi connectivity index (χ2v) is 8.54. The summed E-state index contributed by atoms with van der Waals surface area (Å²) in [4.78, 5) is 24.7. The minimum absolute atomic E-state index is 0.194. The highest BCUT2D eigenvalue weighted by atomic mass is 19.1. The highest BCUT2D eigenvalue weighted by Gasteiger charge is 2.27. The zero-order valence-corrected chi connectivity index (χ0v) is 18.4. The standard InChI is InChI=1S/C23H37FN4O3/c1-16(18-10-12-19(24)13-11-18)26-22(29)21(15-17-7-3-2-4-8-17)28-27-20(23(30)31)9-5-6-14-25/h10-13,16-17,20-21,27-28H,2-9,14-15,25H2,1H3,(H,26,29)(H,30,31)/t16-,20+,21-/m1/s1. The van der Waals surface area contributed by atoms with Crippen LogP contribution in [-0.4, -0.2) is 35.6 Å². The van der Waals surface area contributed by atoms with E-state index in [4.69, 9.17) is 5.73 Å². The number of carbonyl (C=O) groups is 2. The summed E-state index contributed by atoms with van der Waals surface area (Å²) < 4.78 is 13.2. The van der Waals surface area contributed by atoms with Crippen molar-refractivity contribution < 1.29 is 19.1 Å². The molecule has 8 heteroatoms. The molecular weight excluding hydrogens is 399 g/mol. The van der Waals surface area contributed by atoms with E-state index in [-0.39, 0.29) is 17.8 Å². The highest BCUT2D eigenvalue weighted by molar-refractivity contribution is 5.82. The molecule has 0 radical (unpaired) electrons. The fraction of sp³-hybridized carbons (Fsp3) is 0.652. The molecule has 0 aromatic heterocycles. The molecule has 7 nitrogen and oxygen atoms in total. The van der Waals surface area contributed by atoms with E-state index >= 15 is 0 Å². The van der Waals surface area contributed by atoms with E-state index in [9.17, 15) is 19.1 Å². The Kier molecular flexibility index (Phi) is 10.9. The fourth-order valence-corrected chi connectivity index (χ4v) is 4.09. The molecule has 1 aliphatic rings. The smallest absolute Gasteiger partial charge is 0.322 e. The molecule has 0 aliphatic heterocycles. The first-order valence-corrected chi connectivity index (χ1v) is 11.4. The van der Waals surface area contributed by atoms with Crippen molar-refractivity contribution in [2.45, 2.75) is 82.8 Å². The number of carboxylic acids is 1. The van der Waals surface area contributed by atoms with Gasteiger partial charge in [0.2, 0.25) is 5.91 Å². The van der Waals surface area contributed by atoms with Gasteiger partial charge in [-0.25, -0.2) is 15.2 Å². The van der Waals surface area contributed by atoms with E-state index in [1.165, 1.54) is 18.6 Å².